The van der Waals surface area contributed by atoms with Crippen molar-refractivity contribution in [3.63, 3.8) is 0 Å². The molecule has 0 aliphatic heterocycles. The smallest absolute Gasteiger partial charge is 0.0383 e. The molecule has 92 valence electrons. The van der Waals surface area contributed by atoms with E-state index in [1.165, 1.54) is 38.5 Å². The summed E-state index contributed by atoms with van der Waals surface area (Å²) in [6.07, 6.45) is 8.38. The zero-order chi connectivity index (χ0) is 11.9. The lowest BCUT2D eigenvalue weighted by Gasteiger charge is -2.22. The van der Waals surface area contributed by atoms with Gasteiger partial charge in [0.2, 0.25) is 0 Å². The first-order valence-corrected chi connectivity index (χ1v) is 6.90. The van der Waals surface area contributed by atoms with Crippen LogP contribution in [0.25, 0.3) is 0 Å². The summed E-state index contributed by atoms with van der Waals surface area (Å²) >= 11 is 0. The summed E-state index contributed by atoms with van der Waals surface area (Å²) in [6, 6.07) is 0. The molecule has 0 amide bonds. The molecule has 0 aromatic carbocycles. The van der Waals surface area contributed by atoms with E-state index in [9.17, 15) is 0 Å². The largest absolute Gasteiger partial charge is 0.0651 e. The third kappa shape index (κ3) is 7.88. The maximum Gasteiger partial charge on any atom is -0.0383 e. The molecule has 0 nitrogen and oxygen atoms in total. The van der Waals surface area contributed by atoms with Gasteiger partial charge >= 0.3 is 0 Å². The average molecular weight is 212 g/mol. The first-order chi connectivity index (χ1) is 6.90. The first kappa shape index (κ1) is 15.0. The van der Waals surface area contributed by atoms with Crippen molar-refractivity contribution in [2.75, 3.05) is 0 Å². The van der Waals surface area contributed by atoms with Crippen molar-refractivity contribution in [3.05, 3.63) is 0 Å². The molecule has 0 rings (SSSR count). The van der Waals surface area contributed by atoms with E-state index in [0.717, 1.165) is 11.8 Å². The Morgan fingerprint density at radius 2 is 1.53 bits per heavy atom. The van der Waals surface area contributed by atoms with Gasteiger partial charge in [0.1, 0.15) is 0 Å². The molecule has 0 bridgehead atoms. The monoisotopic (exact) mass is 212 g/mol. The fourth-order valence-electron chi connectivity index (χ4n) is 2.29. The SMILES string of the molecule is CCC(C)C(CC)CCCCC(C)(C)C. The van der Waals surface area contributed by atoms with Crippen molar-refractivity contribution < 1.29 is 0 Å². The summed E-state index contributed by atoms with van der Waals surface area (Å²) in [6.45, 7) is 14.1. The van der Waals surface area contributed by atoms with Crippen LogP contribution in [0, 0.1) is 17.3 Å². The Hall–Kier alpha value is 0. The fourth-order valence-corrected chi connectivity index (χ4v) is 2.29. The Kier molecular flexibility index (Phi) is 7.30. The molecule has 0 saturated carbocycles. The summed E-state index contributed by atoms with van der Waals surface area (Å²) in [7, 11) is 0. The van der Waals surface area contributed by atoms with Crippen LogP contribution in [0.4, 0.5) is 0 Å². The van der Waals surface area contributed by atoms with Crippen LogP contribution in [0.15, 0.2) is 0 Å². The van der Waals surface area contributed by atoms with Crippen molar-refractivity contribution in [2.24, 2.45) is 17.3 Å². The van der Waals surface area contributed by atoms with Gasteiger partial charge in [0.15, 0.2) is 0 Å². The Bertz CT molecular complexity index is 141. The highest BCUT2D eigenvalue weighted by molar-refractivity contribution is 4.66. The molecule has 0 aliphatic carbocycles. The molecule has 0 aromatic rings. The van der Waals surface area contributed by atoms with Crippen molar-refractivity contribution in [3.8, 4) is 0 Å². The molecule has 2 atom stereocenters. The second-order valence-electron chi connectivity index (χ2n) is 6.36. The standard InChI is InChI=1S/C15H32/c1-7-13(3)14(8-2)11-9-10-12-15(4,5)6/h13-14H,7-12H2,1-6H3. The van der Waals surface area contributed by atoms with E-state index in [2.05, 4.69) is 41.5 Å². The van der Waals surface area contributed by atoms with Crippen molar-refractivity contribution in [1.82, 2.24) is 0 Å². The summed E-state index contributed by atoms with van der Waals surface area (Å²) in [5, 5.41) is 0. The molecule has 0 saturated heterocycles. The van der Waals surface area contributed by atoms with Gasteiger partial charge in [-0.25, -0.2) is 0 Å². The number of hydrogen-bond donors (Lipinski definition) is 0. The molecule has 0 radical (unpaired) electrons. The van der Waals surface area contributed by atoms with Crippen LogP contribution in [0.5, 0.6) is 0 Å². The van der Waals surface area contributed by atoms with Crippen molar-refractivity contribution in [1.29, 1.82) is 0 Å². The molecule has 0 spiro atoms. The number of rotatable bonds is 7. The van der Waals surface area contributed by atoms with E-state index in [0.29, 0.717) is 5.41 Å². The highest BCUT2D eigenvalue weighted by Crippen LogP contribution is 2.27. The summed E-state index contributed by atoms with van der Waals surface area (Å²) in [5.41, 5.74) is 0.526. The van der Waals surface area contributed by atoms with Crippen molar-refractivity contribution in [2.45, 2.75) is 80.1 Å². The lowest BCUT2D eigenvalue weighted by Crippen LogP contribution is -2.10. The summed E-state index contributed by atoms with van der Waals surface area (Å²) < 4.78 is 0. The molecule has 2 unspecified atom stereocenters. The quantitative estimate of drug-likeness (QED) is 0.477. The topological polar surface area (TPSA) is 0 Å². The Labute approximate surface area is 97.8 Å². The van der Waals surface area contributed by atoms with Crippen LogP contribution in [0.3, 0.4) is 0 Å². The van der Waals surface area contributed by atoms with Crippen LogP contribution in [0.2, 0.25) is 0 Å². The predicted octanol–water partition coefficient (Wildman–Crippen LogP) is 5.67. The molecular weight excluding hydrogens is 180 g/mol. The van der Waals surface area contributed by atoms with Crippen molar-refractivity contribution >= 4 is 0 Å². The lowest BCUT2D eigenvalue weighted by molar-refractivity contribution is 0.292. The highest BCUT2D eigenvalue weighted by atomic mass is 14.2. The Morgan fingerprint density at radius 3 is 1.93 bits per heavy atom. The molecule has 0 aliphatic rings. The minimum Gasteiger partial charge on any atom is -0.0651 e. The van der Waals surface area contributed by atoms with Gasteiger partial charge in [-0.1, -0.05) is 73.6 Å². The highest BCUT2D eigenvalue weighted by Gasteiger charge is 2.14. The molecule has 15 heavy (non-hydrogen) atoms. The van der Waals surface area contributed by atoms with Crippen LogP contribution in [0.1, 0.15) is 80.1 Å². The van der Waals surface area contributed by atoms with E-state index in [1.54, 1.807) is 0 Å². The van der Waals surface area contributed by atoms with Gasteiger partial charge in [-0.2, -0.15) is 0 Å². The van der Waals surface area contributed by atoms with Crippen LogP contribution >= 0.6 is 0 Å². The van der Waals surface area contributed by atoms with E-state index in [1.807, 2.05) is 0 Å². The molecule has 0 heterocycles. The fraction of sp³-hybridized carbons (Fsp3) is 1.00. The van der Waals surface area contributed by atoms with E-state index < -0.39 is 0 Å². The zero-order valence-corrected chi connectivity index (χ0v) is 11.9. The van der Waals surface area contributed by atoms with E-state index in [4.69, 9.17) is 0 Å². The molecule has 0 N–H and O–H groups in total. The number of unbranched alkanes of at least 4 members (excludes halogenated alkanes) is 1. The zero-order valence-electron chi connectivity index (χ0n) is 11.9. The second kappa shape index (κ2) is 7.30. The van der Waals surface area contributed by atoms with Gasteiger partial charge < -0.3 is 0 Å². The van der Waals surface area contributed by atoms with Crippen LogP contribution in [-0.2, 0) is 0 Å². The molecule has 0 aromatic heterocycles. The van der Waals surface area contributed by atoms with Gasteiger partial charge in [-0.15, -0.1) is 0 Å². The lowest BCUT2D eigenvalue weighted by atomic mass is 9.83. The Morgan fingerprint density at radius 1 is 0.933 bits per heavy atom. The van der Waals surface area contributed by atoms with Gasteiger partial charge in [-0.3, -0.25) is 0 Å². The first-order valence-electron chi connectivity index (χ1n) is 6.90. The summed E-state index contributed by atoms with van der Waals surface area (Å²) in [4.78, 5) is 0. The van der Waals surface area contributed by atoms with Gasteiger partial charge in [0, 0.05) is 0 Å². The maximum absolute atomic E-state index is 2.41. The van der Waals surface area contributed by atoms with Gasteiger partial charge in [-0.05, 0) is 23.7 Å². The van der Waals surface area contributed by atoms with Crippen LogP contribution < -0.4 is 0 Å². The Balaban J connectivity index is 3.64. The number of hydrogen-bond acceptors (Lipinski definition) is 0. The minimum atomic E-state index is 0.526. The molecule has 0 heteroatoms. The second-order valence-corrected chi connectivity index (χ2v) is 6.36. The van der Waals surface area contributed by atoms with Gasteiger partial charge in [0.25, 0.3) is 0 Å². The van der Waals surface area contributed by atoms with Gasteiger partial charge in [0.05, 0.1) is 0 Å². The third-order valence-corrected chi connectivity index (χ3v) is 3.72. The average Bonchev–Trinajstić information content (AvgIpc) is 2.15. The minimum absolute atomic E-state index is 0.526. The normalized spacial score (nSPS) is 16.4. The molecule has 0 fully saturated rings. The van der Waals surface area contributed by atoms with E-state index in [-0.39, 0.29) is 0 Å². The third-order valence-electron chi connectivity index (χ3n) is 3.72. The van der Waals surface area contributed by atoms with E-state index >= 15 is 0 Å². The predicted molar refractivity (Wildman–Crippen MR) is 71.2 cm³/mol. The molecular formula is C15H32. The van der Waals surface area contributed by atoms with Crippen LogP contribution in [-0.4, -0.2) is 0 Å². The summed E-state index contributed by atoms with van der Waals surface area (Å²) in [5.74, 6) is 1.89. The maximum atomic E-state index is 2.41.